The zero-order valence-electron chi connectivity index (χ0n) is 9.47. The van der Waals surface area contributed by atoms with Gasteiger partial charge in [-0.3, -0.25) is 4.98 Å². The molecule has 1 heterocycles. The molecule has 0 saturated heterocycles. The molecular weight excluding hydrogens is 294 g/mol. The highest BCUT2D eigenvalue weighted by Gasteiger charge is 1.99. The molecule has 88 valence electrons. The third-order valence-electron chi connectivity index (χ3n) is 2.44. The molecule has 17 heavy (non-hydrogen) atoms. The van der Waals surface area contributed by atoms with Crippen molar-refractivity contribution in [3.8, 4) is 0 Å². The Kier molecular flexibility index (Phi) is 5.08. The van der Waals surface area contributed by atoms with E-state index in [-0.39, 0.29) is 0 Å². The number of thioether (sulfide) groups is 1. The van der Waals surface area contributed by atoms with Crippen LogP contribution in [0.1, 0.15) is 11.3 Å². The highest BCUT2D eigenvalue weighted by molar-refractivity contribution is 9.10. The van der Waals surface area contributed by atoms with Gasteiger partial charge in [0.05, 0.1) is 0 Å². The van der Waals surface area contributed by atoms with E-state index in [9.17, 15) is 0 Å². The van der Waals surface area contributed by atoms with Gasteiger partial charge < -0.3 is 0 Å². The molecular formula is C14H14BrNS. The number of halogens is 1. The van der Waals surface area contributed by atoms with Gasteiger partial charge in [-0.2, -0.15) is 11.8 Å². The van der Waals surface area contributed by atoms with Gasteiger partial charge in [0.2, 0.25) is 0 Å². The zero-order valence-corrected chi connectivity index (χ0v) is 11.9. The van der Waals surface area contributed by atoms with E-state index in [0.717, 1.165) is 17.9 Å². The van der Waals surface area contributed by atoms with Crippen molar-refractivity contribution in [1.29, 1.82) is 0 Å². The van der Waals surface area contributed by atoms with Gasteiger partial charge in [0.1, 0.15) is 0 Å². The van der Waals surface area contributed by atoms with Gasteiger partial charge in [-0.1, -0.05) is 40.2 Å². The Morgan fingerprint density at radius 3 is 2.65 bits per heavy atom. The van der Waals surface area contributed by atoms with Crippen molar-refractivity contribution in [3.05, 3.63) is 64.4 Å². The van der Waals surface area contributed by atoms with Crippen LogP contribution in [0, 0.1) is 0 Å². The van der Waals surface area contributed by atoms with E-state index in [1.165, 1.54) is 15.7 Å². The molecule has 2 rings (SSSR count). The van der Waals surface area contributed by atoms with Crippen LogP contribution in [0.2, 0.25) is 0 Å². The van der Waals surface area contributed by atoms with Gasteiger partial charge in [0, 0.05) is 22.1 Å². The number of rotatable bonds is 5. The van der Waals surface area contributed by atoms with E-state index < -0.39 is 0 Å². The Hall–Kier alpha value is -0.800. The smallest absolute Gasteiger partial charge is 0.0411 e. The molecule has 0 unspecified atom stereocenters. The summed E-state index contributed by atoms with van der Waals surface area (Å²) in [6, 6.07) is 14.5. The molecule has 1 nitrogen and oxygen atoms in total. The molecule has 1 aromatic heterocycles. The number of hydrogen-bond acceptors (Lipinski definition) is 2. The van der Waals surface area contributed by atoms with E-state index in [4.69, 9.17) is 0 Å². The summed E-state index contributed by atoms with van der Waals surface area (Å²) in [4.78, 5) is 4.32. The molecule has 0 saturated carbocycles. The number of pyridine rings is 1. The minimum atomic E-state index is 1.04. The molecule has 0 aliphatic rings. The lowest BCUT2D eigenvalue weighted by molar-refractivity contribution is 1.05. The Morgan fingerprint density at radius 1 is 1.06 bits per heavy atom. The molecule has 0 amide bonds. The summed E-state index contributed by atoms with van der Waals surface area (Å²) in [7, 11) is 0. The molecule has 0 aliphatic heterocycles. The number of hydrogen-bond donors (Lipinski definition) is 0. The number of benzene rings is 1. The third-order valence-corrected chi connectivity index (χ3v) is 4.23. The van der Waals surface area contributed by atoms with Crippen molar-refractivity contribution in [2.45, 2.75) is 12.2 Å². The third kappa shape index (κ3) is 4.17. The first-order valence-electron chi connectivity index (χ1n) is 5.57. The predicted molar refractivity (Wildman–Crippen MR) is 78.2 cm³/mol. The molecule has 1 aromatic carbocycles. The van der Waals surface area contributed by atoms with Crippen molar-refractivity contribution < 1.29 is 0 Å². The number of aromatic nitrogens is 1. The van der Waals surface area contributed by atoms with Crippen molar-refractivity contribution in [2.75, 3.05) is 5.75 Å². The first kappa shape index (κ1) is 12.7. The largest absolute Gasteiger partial charge is 0.261 e. The lowest BCUT2D eigenvalue weighted by atomic mass is 10.2. The van der Waals surface area contributed by atoms with E-state index in [1.54, 1.807) is 0 Å². The van der Waals surface area contributed by atoms with Crippen molar-refractivity contribution >= 4 is 27.7 Å². The fraction of sp³-hybridized carbons (Fsp3) is 0.214. The first-order valence-corrected chi connectivity index (χ1v) is 7.52. The standard InChI is InChI=1S/C14H14BrNS/c15-14-7-2-1-5-12(14)11-17-10-8-13-6-3-4-9-16-13/h1-7,9H,8,10-11H2. The lowest BCUT2D eigenvalue weighted by Gasteiger charge is -2.04. The van der Waals surface area contributed by atoms with Crippen LogP contribution in [0.4, 0.5) is 0 Å². The van der Waals surface area contributed by atoms with Crippen LogP contribution < -0.4 is 0 Å². The van der Waals surface area contributed by atoms with Gasteiger partial charge in [0.25, 0.3) is 0 Å². The molecule has 3 heteroatoms. The summed E-state index contributed by atoms with van der Waals surface area (Å²) in [5.41, 5.74) is 2.53. The molecule has 0 atom stereocenters. The summed E-state index contributed by atoms with van der Waals surface area (Å²) in [6.45, 7) is 0. The van der Waals surface area contributed by atoms with Crippen LogP contribution in [0.3, 0.4) is 0 Å². The van der Waals surface area contributed by atoms with Crippen LogP contribution >= 0.6 is 27.7 Å². The fourth-order valence-corrected chi connectivity index (χ4v) is 3.10. The molecule has 2 aromatic rings. The first-order chi connectivity index (χ1) is 8.36. The topological polar surface area (TPSA) is 12.9 Å². The normalized spacial score (nSPS) is 10.4. The van der Waals surface area contributed by atoms with Gasteiger partial charge >= 0.3 is 0 Å². The molecule has 0 fully saturated rings. The average Bonchev–Trinajstić information content (AvgIpc) is 2.38. The Labute approximate surface area is 115 Å². The monoisotopic (exact) mass is 307 g/mol. The quantitative estimate of drug-likeness (QED) is 0.763. The minimum absolute atomic E-state index is 1.04. The van der Waals surface area contributed by atoms with Gasteiger partial charge in [-0.15, -0.1) is 0 Å². The maximum absolute atomic E-state index is 4.32. The maximum Gasteiger partial charge on any atom is 0.0411 e. The van der Waals surface area contributed by atoms with Crippen LogP contribution in [-0.4, -0.2) is 10.7 Å². The summed E-state index contributed by atoms with van der Waals surface area (Å²) >= 11 is 5.51. The van der Waals surface area contributed by atoms with Crippen LogP contribution in [0.5, 0.6) is 0 Å². The lowest BCUT2D eigenvalue weighted by Crippen LogP contribution is -1.92. The number of aryl methyl sites for hydroxylation is 1. The number of nitrogens with zero attached hydrogens (tertiary/aromatic N) is 1. The summed E-state index contributed by atoms with van der Waals surface area (Å²) in [5.74, 6) is 2.16. The van der Waals surface area contributed by atoms with E-state index in [1.807, 2.05) is 36.2 Å². The SMILES string of the molecule is Brc1ccccc1CSCCc1ccccn1. The van der Waals surface area contributed by atoms with Gasteiger partial charge in [0.15, 0.2) is 0 Å². The highest BCUT2D eigenvalue weighted by Crippen LogP contribution is 2.21. The molecule has 0 bridgehead atoms. The Bertz CT molecular complexity index is 459. The van der Waals surface area contributed by atoms with Crippen LogP contribution in [-0.2, 0) is 12.2 Å². The minimum Gasteiger partial charge on any atom is -0.261 e. The van der Waals surface area contributed by atoms with Crippen LogP contribution in [0.25, 0.3) is 0 Å². The highest BCUT2D eigenvalue weighted by atomic mass is 79.9. The summed E-state index contributed by atoms with van der Waals surface area (Å²) < 4.78 is 1.20. The second-order valence-electron chi connectivity index (χ2n) is 3.72. The molecule has 0 spiro atoms. The zero-order chi connectivity index (χ0) is 11.9. The Balaban J connectivity index is 1.76. The fourth-order valence-electron chi connectivity index (χ4n) is 1.52. The second kappa shape index (κ2) is 6.82. The predicted octanol–water partition coefficient (Wildman–Crippen LogP) is 4.32. The van der Waals surface area contributed by atoms with Crippen molar-refractivity contribution in [3.63, 3.8) is 0 Å². The molecule has 0 radical (unpaired) electrons. The molecule has 0 aliphatic carbocycles. The van der Waals surface area contributed by atoms with Gasteiger partial charge in [-0.25, -0.2) is 0 Å². The second-order valence-corrected chi connectivity index (χ2v) is 5.67. The molecule has 0 N–H and O–H groups in total. The maximum atomic E-state index is 4.32. The average molecular weight is 308 g/mol. The summed E-state index contributed by atoms with van der Waals surface area (Å²) in [5, 5.41) is 0. The van der Waals surface area contributed by atoms with Crippen molar-refractivity contribution in [1.82, 2.24) is 4.98 Å². The Morgan fingerprint density at radius 2 is 1.88 bits per heavy atom. The van der Waals surface area contributed by atoms with Crippen molar-refractivity contribution in [2.24, 2.45) is 0 Å². The van der Waals surface area contributed by atoms with E-state index in [2.05, 4.69) is 45.2 Å². The van der Waals surface area contributed by atoms with E-state index in [0.29, 0.717) is 0 Å². The summed E-state index contributed by atoms with van der Waals surface area (Å²) in [6.07, 6.45) is 2.89. The van der Waals surface area contributed by atoms with Crippen LogP contribution in [0.15, 0.2) is 53.1 Å². The van der Waals surface area contributed by atoms with Gasteiger partial charge in [-0.05, 0) is 35.9 Å². The van der Waals surface area contributed by atoms with E-state index >= 15 is 0 Å².